The van der Waals surface area contributed by atoms with Crippen molar-refractivity contribution in [3.63, 3.8) is 0 Å². The molecule has 0 saturated heterocycles. The highest BCUT2D eigenvalue weighted by atomic mass is 32.2. The Balaban J connectivity index is 3.64. The molecule has 0 radical (unpaired) electrons. The van der Waals surface area contributed by atoms with Crippen LogP contribution in [0.25, 0.3) is 0 Å². The Labute approximate surface area is 93.9 Å². The molecule has 0 unspecified atom stereocenters. The Hall–Kier alpha value is -0.110. The third-order valence-electron chi connectivity index (χ3n) is 1.10. The largest absolute Gasteiger partial charge is 0.371 e. The van der Waals surface area contributed by atoms with Gasteiger partial charge in [-0.1, -0.05) is 37.0 Å². The molecule has 0 spiro atoms. The molecule has 4 nitrogen and oxygen atoms in total. The van der Waals surface area contributed by atoms with E-state index in [0.717, 1.165) is 18.4 Å². The quantitative estimate of drug-likeness (QED) is 0.572. The van der Waals surface area contributed by atoms with E-state index < -0.39 is 10.1 Å². The second kappa shape index (κ2) is 7.22. The van der Waals surface area contributed by atoms with Crippen LogP contribution in [0.15, 0.2) is 11.5 Å². The van der Waals surface area contributed by atoms with Gasteiger partial charge in [-0.25, -0.2) is 0 Å². The van der Waals surface area contributed by atoms with E-state index in [-0.39, 0.29) is 0 Å². The van der Waals surface area contributed by atoms with Crippen LogP contribution in [0.5, 0.6) is 0 Å². The molecule has 0 heterocycles. The molecule has 0 amide bonds. The maximum Gasteiger partial charge on any atom is 0.287 e. The van der Waals surface area contributed by atoms with Crippen LogP contribution in [-0.4, -0.2) is 29.6 Å². The Morgan fingerprint density at radius 2 is 2.29 bits per heavy atom. The molecule has 0 aromatic carbocycles. The number of thiocarbonyl (C=S) groups is 1. The van der Waals surface area contributed by atoms with Crippen LogP contribution in [0.2, 0.25) is 0 Å². The van der Waals surface area contributed by atoms with Crippen molar-refractivity contribution < 1.29 is 13.0 Å². The normalized spacial score (nSPS) is 11.9. The summed E-state index contributed by atoms with van der Waals surface area (Å²) in [5.74, 6) is 0.426. The molecular formula is C7H13NO3S3. The van der Waals surface area contributed by atoms with Crippen LogP contribution in [0.1, 0.15) is 13.3 Å². The predicted octanol–water partition coefficient (Wildman–Crippen LogP) is 1.41. The fourth-order valence-corrected chi connectivity index (χ4v) is 1.88. The fourth-order valence-electron chi connectivity index (χ4n) is 0.563. The van der Waals surface area contributed by atoms with Gasteiger partial charge < -0.3 is 5.32 Å². The second-order valence-corrected chi connectivity index (χ2v) is 5.41. The Morgan fingerprint density at radius 1 is 1.64 bits per heavy atom. The molecule has 0 aromatic heterocycles. The number of nitrogens with one attached hydrogen (secondary N) is 1. The molecule has 0 aliphatic carbocycles. The zero-order valence-corrected chi connectivity index (χ0v) is 10.2. The molecule has 0 bridgehead atoms. The summed E-state index contributed by atoms with van der Waals surface area (Å²) in [6, 6.07) is 0. The summed E-state index contributed by atoms with van der Waals surface area (Å²) >= 11 is 6.25. The molecule has 0 atom stereocenters. The number of hydrogen-bond acceptors (Lipinski definition) is 4. The summed E-state index contributed by atoms with van der Waals surface area (Å²) in [5.41, 5.74) is 0. The molecule has 0 aromatic rings. The van der Waals surface area contributed by atoms with Gasteiger partial charge in [0.15, 0.2) is 0 Å². The molecule has 14 heavy (non-hydrogen) atoms. The van der Waals surface area contributed by atoms with Gasteiger partial charge in [-0.05, 0) is 6.42 Å². The second-order valence-electron chi connectivity index (χ2n) is 2.41. The van der Waals surface area contributed by atoms with Crippen molar-refractivity contribution in [2.45, 2.75) is 13.3 Å². The summed E-state index contributed by atoms with van der Waals surface area (Å²) < 4.78 is 29.5. The molecule has 0 aliphatic rings. The zero-order chi connectivity index (χ0) is 11.0. The van der Waals surface area contributed by atoms with Gasteiger partial charge in [0.2, 0.25) is 0 Å². The van der Waals surface area contributed by atoms with Crippen molar-refractivity contribution in [1.29, 1.82) is 0 Å². The van der Waals surface area contributed by atoms with Crippen molar-refractivity contribution in [3.8, 4) is 0 Å². The highest BCUT2D eigenvalue weighted by Gasteiger charge is 1.96. The number of rotatable bonds is 5. The highest BCUT2D eigenvalue weighted by Crippen LogP contribution is 2.02. The smallest absolute Gasteiger partial charge is 0.287 e. The molecular weight excluding hydrogens is 242 g/mol. The van der Waals surface area contributed by atoms with E-state index in [4.69, 9.17) is 16.8 Å². The van der Waals surface area contributed by atoms with Gasteiger partial charge in [0.05, 0.1) is 5.41 Å². The van der Waals surface area contributed by atoms with E-state index in [1.54, 1.807) is 0 Å². The first-order valence-corrected chi connectivity index (χ1v) is 6.90. The molecule has 2 N–H and O–H groups in total. The van der Waals surface area contributed by atoms with Crippen LogP contribution >= 0.6 is 24.0 Å². The summed E-state index contributed by atoms with van der Waals surface area (Å²) in [5, 5.41) is 3.73. The van der Waals surface area contributed by atoms with Crippen LogP contribution in [0, 0.1) is 0 Å². The Bertz CT molecular complexity index is 297. The van der Waals surface area contributed by atoms with Gasteiger partial charge >= 0.3 is 0 Å². The standard InChI is InChI=1S/C7H13NO3S3/c1-2-4-8-7(12)13-5-3-6-14(9,10)11/h3,6H,2,4-5H2,1H3,(H,8,12)(H,9,10,11)/b6-3-. The van der Waals surface area contributed by atoms with Gasteiger partial charge in [0, 0.05) is 12.3 Å². The zero-order valence-electron chi connectivity index (χ0n) is 7.76. The minimum Gasteiger partial charge on any atom is -0.371 e. The average molecular weight is 255 g/mol. The van der Waals surface area contributed by atoms with Crippen molar-refractivity contribution >= 4 is 38.4 Å². The van der Waals surface area contributed by atoms with E-state index in [2.05, 4.69) is 5.32 Å². The van der Waals surface area contributed by atoms with E-state index in [1.165, 1.54) is 17.8 Å². The molecule has 7 heteroatoms. The Kier molecular flexibility index (Phi) is 7.16. The highest BCUT2D eigenvalue weighted by molar-refractivity contribution is 8.23. The van der Waals surface area contributed by atoms with Crippen LogP contribution in [-0.2, 0) is 10.1 Å². The lowest BCUT2D eigenvalue weighted by Gasteiger charge is -2.02. The first-order chi connectivity index (χ1) is 6.45. The number of thioether (sulfide) groups is 1. The lowest BCUT2D eigenvalue weighted by Crippen LogP contribution is -2.18. The Morgan fingerprint density at radius 3 is 2.79 bits per heavy atom. The molecule has 82 valence electrons. The van der Waals surface area contributed by atoms with E-state index >= 15 is 0 Å². The van der Waals surface area contributed by atoms with Crippen molar-refractivity contribution in [2.75, 3.05) is 12.3 Å². The van der Waals surface area contributed by atoms with Crippen molar-refractivity contribution in [1.82, 2.24) is 5.32 Å². The van der Waals surface area contributed by atoms with E-state index in [9.17, 15) is 8.42 Å². The van der Waals surface area contributed by atoms with Crippen LogP contribution < -0.4 is 5.32 Å². The van der Waals surface area contributed by atoms with Crippen LogP contribution in [0.3, 0.4) is 0 Å². The number of hydrogen-bond donors (Lipinski definition) is 2. The molecule has 0 saturated carbocycles. The topological polar surface area (TPSA) is 66.4 Å². The summed E-state index contributed by atoms with van der Waals surface area (Å²) in [4.78, 5) is 0. The minimum absolute atomic E-state index is 0.426. The van der Waals surface area contributed by atoms with Gasteiger partial charge in [-0.2, -0.15) is 8.42 Å². The van der Waals surface area contributed by atoms with E-state index in [1.807, 2.05) is 6.92 Å². The average Bonchev–Trinajstić information content (AvgIpc) is 2.07. The van der Waals surface area contributed by atoms with Crippen molar-refractivity contribution in [2.24, 2.45) is 0 Å². The van der Waals surface area contributed by atoms with Crippen molar-refractivity contribution in [3.05, 3.63) is 11.5 Å². The first kappa shape index (κ1) is 13.9. The van der Waals surface area contributed by atoms with E-state index in [0.29, 0.717) is 10.1 Å². The monoisotopic (exact) mass is 255 g/mol. The summed E-state index contributed by atoms with van der Waals surface area (Å²) in [7, 11) is -4.00. The SMILES string of the molecule is CCCNC(=S)SC/C=C\S(=O)(=O)O. The lowest BCUT2D eigenvalue weighted by molar-refractivity contribution is 0.494. The lowest BCUT2D eigenvalue weighted by atomic mass is 10.5. The van der Waals surface area contributed by atoms with Gasteiger partial charge in [0.25, 0.3) is 10.1 Å². The molecule has 0 fully saturated rings. The molecule has 0 rings (SSSR count). The maximum absolute atomic E-state index is 10.3. The molecule has 0 aliphatic heterocycles. The van der Waals surface area contributed by atoms with Gasteiger partial charge in [-0.3, -0.25) is 4.55 Å². The maximum atomic E-state index is 10.3. The third-order valence-corrected chi connectivity index (χ3v) is 2.90. The van der Waals surface area contributed by atoms with Gasteiger partial charge in [-0.15, -0.1) is 0 Å². The third kappa shape index (κ3) is 9.97. The summed E-state index contributed by atoms with van der Waals surface area (Å²) in [6.45, 7) is 2.84. The first-order valence-electron chi connectivity index (χ1n) is 4.00. The minimum atomic E-state index is -4.00. The fraction of sp³-hybridized carbons (Fsp3) is 0.571. The van der Waals surface area contributed by atoms with Gasteiger partial charge in [0.1, 0.15) is 4.32 Å². The van der Waals surface area contributed by atoms with Crippen LogP contribution in [0.4, 0.5) is 0 Å². The summed E-state index contributed by atoms with van der Waals surface area (Å²) in [6.07, 6.45) is 2.33. The predicted molar refractivity (Wildman–Crippen MR) is 64.0 cm³/mol.